The lowest BCUT2D eigenvalue weighted by atomic mass is 9.64. The lowest BCUT2D eigenvalue weighted by Gasteiger charge is -2.36. The largest absolute Gasteiger partial charge is 0.298 e. The summed E-state index contributed by atoms with van der Waals surface area (Å²) in [4.78, 5) is 28.0. The van der Waals surface area contributed by atoms with Crippen LogP contribution in [0.15, 0.2) is 96.6 Å². The average Bonchev–Trinajstić information content (AvgIpc) is 3.02. The van der Waals surface area contributed by atoms with Crippen molar-refractivity contribution < 1.29 is 9.59 Å². The normalized spacial score (nSPS) is 26.7. The number of hydrogen-bond acceptors (Lipinski definition) is 2. The van der Waals surface area contributed by atoms with Crippen molar-refractivity contribution in [2.75, 3.05) is 0 Å². The number of carbonyl (C=O) groups is 2. The van der Waals surface area contributed by atoms with E-state index in [0.29, 0.717) is 5.57 Å². The van der Waals surface area contributed by atoms with E-state index in [0.717, 1.165) is 33.4 Å². The Labute approximate surface area is 189 Å². The second kappa shape index (κ2) is 7.56. The number of carbonyl (C=O) groups excluding carboxylic acids is 2. The van der Waals surface area contributed by atoms with E-state index >= 15 is 0 Å². The van der Waals surface area contributed by atoms with E-state index in [1.807, 2.05) is 87.5 Å². The Morgan fingerprint density at radius 3 is 1.97 bits per heavy atom. The van der Waals surface area contributed by atoms with Gasteiger partial charge in [0.2, 0.25) is 0 Å². The van der Waals surface area contributed by atoms with Crippen LogP contribution in [-0.4, -0.2) is 11.6 Å². The summed E-state index contributed by atoms with van der Waals surface area (Å²) in [5, 5.41) is 0. The molecule has 0 spiro atoms. The summed E-state index contributed by atoms with van der Waals surface area (Å²) in [5.41, 5.74) is 5.54. The molecule has 0 N–H and O–H groups in total. The maximum atomic E-state index is 14.2. The Balaban J connectivity index is 1.80. The standard InChI is InChI=1S/C30H26O2/c1-19-18-24(21-12-6-4-7-13-21)23-16-10-11-17-25(23)30(3)27(28(19)31)20(2)26(29(30)32)22-14-8-5-9-15-22/h4-19,27H,1-3H3/b24-18-/t19-,27-,30+/m1/s1. The fraction of sp³-hybridized carbons (Fsp3) is 0.200. The molecule has 2 aliphatic rings. The van der Waals surface area contributed by atoms with Crippen LogP contribution < -0.4 is 0 Å². The van der Waals surface area contributed by atoms with E-state index in [2.05, 4.69) is 24.3 Å². The van der Waals surface area contributed by atoms with E-state index in [1.54, 1.807) is 0 Å². The number of fused-ring (bicyclic) bond motifs is 3. The molecule has 3 aromatic rings. The highest BCUT2D eigenvalue weighted by atomic mass is 16.1. The SMILES string of the molecule is CC1=C(c2ccccc2)C(=O)[C@@]2(C)c3ccccc3/C(c3ccccc3)=C\[C@@H](C)C(=O)[C@@H]12. The molecule has 158 valence electrons. The molecule has 0 amide bonds. The Kier molecular flexibility index (Phi) is 4.82. The van der Waals surface area contributed by atoms with Gasteiger partial charge in [-0.1, -0.05) is 104 Å². The van der Waals surface area contributed by atoms with Crippen LogP contribution in [0.4, 0.5) is 0 Å². The first-order valence-electron chi connectivity index (χ1n) is 11.2. The molecule has 0 radical (unpaired) electrons. The minimum atomic E-state index is -0.939. The van der Waals surface area contributed by atoms with Crippen molar-refractivity contribution in [2.45, 2.75) is 26.2 Å². The molecule has 2 nitrogen and oxygen atoms in total. The van der Waals surface area contributed by atoms with Gasteiger partial charge in [-0.25, -0.2) is 0 Å². The van der Waals surface area contributed by atoms with Crippen LogP contribution in [-0.2, 0) is 15.0 Å². The summed E-state index contributed by atoms with van der Waals surface area (Å²) in [5.74, 6) is -0.642. The first kappa shape index (κ1) is 20.4. The third kappa shape index (κ3) is 2.86. The van der Waals surface area contributed by atoms with E-state index in [9.17, 15) is 9.59 Å². The summed E-state index contributed by atoms with van der Waals surface area (Å²) in [6, 6.07) is 28.0. The van der Waals surface area contributed by atoms with Crippen molar-refractivity contribution >= 4 is 22.7 Å². The van der Waals surface area contributed by atoms with Gasteiger partial charge in [0, 0.05) is 11.5 Å². The monoisotopic (exact) mass is 418 g/mol. The molecule has 0 unspecified atom stereocenters. The third-order valence-electron chi connectivity index (χ3n) is 7.18. The van der Waals surface area contributed by atoms with Crippen LogP contribution in [0.25, 0.3) is 11.1 Å². The summed E-state index contributed by atoms with van der Waals surface area (Å²) >= 11 is 0. The van der Waals surface area contributed by atoms with Gasteiger partial charge in [0.15, 0.2) is 5.78 Å². The molecule has 0 heterocycles. The van der Waals surface area contributed by atoms with Crippen LogP contribution in [0.2, 0.25) is 0 Å². The Morgan fingerprint density at radius 2 is 1.31 bits per heavy atom. The van der Waals surface area contributed by atoms with Crippen molar-refractivity contribution in [2.24, 2.45) is 11.8 Å². The summed E-state index contributed by atoms with van der Waals surface area (Å²) in [6.07, 6.45) is 2.08. The highest BCUT2D eigenvalue weighted by Crippen LogP contribution is 2.53. The average molecular weight is 419 g/mol. The van der Waals surface area contributed by atoms with Crippen LogP contribution in [0.1, 0.15) is 43.0 Å². The first-order valence-corrected chi connectivity index (χ1v) is 11.2. The van der Waals surface area contributed by atoms with Crippen molar-refractivity contribution in [1.82, 2.24) is 0 Å². The molecule has 2 heteroatoms. The van der Waals surface area contributed by atoms with Gasteiger partial charge in [0.1, 0.15) is 5.78 Å². The van der Waals surface area contributed by atoms with Crippen LogP contribution in [0.5, 0.6) is 0 Å². The molecule has 0 aromatic heterocycles. The molecule has 3 atom stereocenters. The van der Waals surface area contributed by atoms with Crippen LogP contribution in [0.3, 0.4) is 0 Å². The van der Waals surface area contributed by atoms with Gasteiger partial charge in [-0.05, 0) is 41.7 Å². The molecule has 5 rings (SSSR count). The number of benzene rings is 3. The number of rotatable bonds is 2. The van der Waals surface area contributed by atoms with Crippen molar-refractivity contribution in [3.63, 3.8) is 0 Å². The van der Waals surface area contributed by atoms with Gasteiger partial charge >= 0.3 is 0 Å². The summed E-state index contributed by atoms with van der Waals surface area (Å²) in [6.45, 7) is 5.89. The Hall–Kier alpha value is -3.52. The molecular weight excluding hydrogens is 392 g/mol. The lowest BCUT2D eigenvalue weighted by Crippen LogP contribution is -2.43. The van der Waals surface area contributed by atoms with E-state index in [-0.39, 0.29) is 17.5 Å². The minimum Gasteiger partial charge on any atom is -0.298 e. The van der Waals surface area contributed by atoms with Gasteiger partial charge in [-0.2, -0.15) is 0 Å². The maximum Gasteiger partial charge on any atom is 0.174 e. The second-order valence-electron chi connectivity index (χ2n) is 9.07. The van der Waals surface area contributed by atoms with Gasteiger partial charge in [0.05, 0.1) is 11.3 Å². The van der Waals surface area contributed by atoms with Gasteiger partial charge in [-0.15, -0.1) is 0 Å². The molecule has 3 aromatic carbocycles. The summed E-state index contributed by atoms with van der Waals surface area (Å²) in [7, 11) is 0. The zero-order valence-electron chi connectivity index (χ0n) is 18.6. The smallest absolute Gasteiger partial charge is 0.174 e. The van der Waals surface area contributed by atoms with Crippen molar-refractivity contribution in [3.8, 4) is 0 Å². The van der Waals surface area contributed by atoms with Gasteiger partial charge in [-0.3, -0.25) is 9.59 Å². The van der Waals surface area contributed by atoms with E-state index in [4.69, 9.17) is 0 Å². The number of ketones is 2. The van der Waals surface area contributed by atoms with Crippen molar-refractivity contribution in [1.29, 1.82) is 0 Å². The zero-order valence-corrected chi connectivity index (χ0v) is 18.6. The maximum absolute atomic E-state index is 14.2. The number of Topliss-reactive ketones (excluding diaryl/α,β-unsaturated/α-hetero) is 2. The molecule has 0 fully saturated rings. The molecule has 0 saturated heterocycles. The third-order valence-corrected chi connectivity index (χ3v) is 7.18. The molecule has 32 heavy (non-hydrogen) atoms. The van der Waals surface area contributed by atoms with E-state index < -0.39 is 11.3 Å². The Morgan fingerprint density at radius 1 is 0.750 bits per heavy atom. The van der Waals surface area contributed by atoms with Crippen LogP contribution >= 0.6 is 0 Å². The number of hydrogen-bond donors (Lipinski definition) is 0. The topological polar surface area (TPSA) is 34.1 Å². The second-order valence-corrected chi connectivity index (χ2v) is 9.07. The highest BCUT2D eigenvalue weighted by molar-refractivity contribution is 6.31. The fourth-order valence-corrected chi connectivity index (χ4v) is 5.61. The first-order chi connectivity index (χ1) is 15.4. The van der Waals surface area contributed by atoms with Gasteiger partial charge < -0.3 is 0 Å². The molecular formula is C30H26O2. The highest BCUT2D eigenvalue weighted by Gasteiger charge is 2.56. The van der Waals surface area contributed by atoms with Crippen LogP contribution in [0, 0.1) is 11.8 Å². The van der Waals surface area contributed by atoms with Gasteiger partial charge in [0.25, 0.3) is 0 Å². The molecule has 0 aliphatic heterocycles. The fourth-order valence-electron chi connectivity index (χ4n) is 5.61. The van der Waals surface area contributed by atoms with Crippen molar-refractivity contribution in [3.05, 3.63) is 119 Å². The minimum absolute atomic E-state index is 0.0357. The quantitative estimate of drug-likeness (QED) is 0.492. The molecule has 0 bridgehead atoms. The predicted octanol–water partition coefficient (Wildman–Crippen LogP) is 6.27. The zero-order chi connectivity index (χ0) is 22.5. The van der Waals surface area contributed by atoms with E-state index in [1.165, 1.54) is 0 Å². The Bertz CT molecular complexity index is 1280. The summed E-state index contributed by atoms with van der Waals surface area (Å²) < 4.78 is 0. The number of allylic oxidation sites excluding steroid dienone is 3. The lowest BCUT2D eigenvalue weighted by molar-refractivity contribution is -0.129. The predicted molar refractivity (Wildman–Crippen MR) is 129 cm³/mol. The molecule has 0 saturated carbocycles. The molecule has 2 aliphatic carbocycles.